The fourth-order valence-corrected chi connectivity index (χ4v) is 2.50. The number of benzene rings is 1. The average Bonchev–Trinajstić information content (AvgIpc) is 2.27. The molecule has 16 heavy (non-hydrogen) atoms. The van der Waals surface area contributed by atoms with Crippen LogP contribution in [-0.2, 0) is 13.8 Å². The van der Waals surface area contributed by atoms with E-state index in [2.05, 4.69) is 19.1 Å². The molecule has 0 aliphatic rings. The zero-order valence-electron chi connectivity index (χ0n) is 10.3. The van der Waals surface area contributed by atoms with E-state index in [0.29, 0.717) is 6.61 Å². The summed E-state index contributed by atoms with van der Waals surface area (Å²) in [5, 5.41) is 1.09. The molecular weight excluding hydrogens is 223 g/mol. The first-order valence-corrected chi connectivity index (χ1v) is 6.41. The highest BCUT2D eigenvalue weighted by Gasteiger charge is 2.15. The normalized spacial score (nSPS) is 14.8. The maximum absolute atomic E-state index is 5.78. The second-order valence-corrected chi connectivity index (χ2v) is 5.25. The highest BCUT2D eigenvalue weighted by molar-refractivity contribution is 7.56. The monoisotopic (exact) mass is 242 g/mol. The van der Waals surface area contributed by atoms with Gasteiger partial charge in [0.05, 0.1) is 12.7 Å². The van der Waals surface area contributed by atoms with E-state index in [-0.39, 0.29) is 6.10 Å². The third kappa shape index (κ3) is 4.18. The molecule has 0 spiro atoms. The number of hydrogen-bond donors (Lipinski definition) is 0. The number of aryl methyl sites for hydroxylation is 1. The molecule has 0 amide bonds. The van der Waals surface area contributed by atoms with E-state index < -0.39 is 8.38 Å². The molecular formula is C12H19O3P. The minimum absolute atomic E-state index is 0.0392. The van der Waals surface area contributed by atoms with E-state index in [4.69, 9.17) is 13.8 Å². The summed E-state index contributed by atoms with van der Waals surface area (Å²) in [5.41, 5.74) is 1.24. The number of methoxy groups -OCH3 is 1. The molecule has 0 aliphatic heterocycles. The fraction of sp³-hybridized carbons (Fsp3) is 0.500. The third-order valence-electron chi connectivity index (χ3n) is 2.09. The van der Waals surface area contributed by atoms with Crippen molar-refractivity contribution in [3.05, 3.63) is 29.8 Å². The van der Waals surface area contributed by atoms with E-state index in [9.17, 15) is 0 Å². The van der Waals surface area contributed by atoms with Crippen LogP contribution in [0.15, 0.2) is 24.3 Å². The molecule has 4 heteroatoms. The van der Waals surface area contributed by atoms with Gasteiger partial charge in [0.2, 0.25) is 8.38 Å². The van der Waals surface area contributed by atoms with Gasteiger partial charge in [-0.2, -0.15) is 0 Å². The van der Waals surface area contributed by atoms with Gasteiger partial charge in [-0.3, -0.25) is 0 Å². The molecule has 1 aromatic rings. The topological polar surface area (TPSA) is 27.7 Å². The molecule has 0 bridgehead atoms. The lowest BCUT2D eigenvalue weighted by atomic mass is 10.2. The van der Waals surface area contributed by atoms with E-state index in [0.717, 1.165) is 5.30 Å². The number of ether oxygens (including phenoxy) is 1. The van der Waals surface area contributed by atoms with Gasteiger partial charge in [0, 0.05) is 19.5 Å². The molecule has 2 unspecified atom stereocenters. The van der Waals surface area contributed by atoms with Crippen molar-refractivity contribution in [3.63, 3.8) is 0 Å². The summed E-state index contributed by atoms with van der Waals surface area (Å²) in [6.45, 7) is 4.62. The summed E-state index contributed by atoms with van der Waals surface area (Å²) in [4.78, 5) is 0. The molecule has 0 N–H and O–H groups in total. The Bertz CT molecular complexity index is 300. The van der Waals surface area contributed by atoms with Crippen molar-refractivity contribution in [3.8, 4) is 0 Å². The second-order valence-electron chi connectivity index (χ2n) is 3.65. The van der Waals surface area contributed by atoms with Crippen molar-refractivity contribution in [2.45, 2.75) is 20.0 Å². The lowest BCUT2D eigenvalue weighted by Crippen LogP contribution is -2.16. The Balaban J connectivity index is 2.63. The van der Waals surface area contributed by atoms with Gasteiger partial charge in [0.25, 0.3) is 0 Å². The first kappa shape index (κ1) is 13.6. The van der Waals surface area contributed by atoms with Gasteiger partial charge in [-0.25, -0.2) is 0 Å². The maximum Gasteiger partial charge on any atom is 0.205 e. The van der Waals surface area contributed by atoms with Crippen molar-refractivity contribution < 1.29 is 13.8 Å². The van der Waals surface area contributed by atoms with Crippen molar-refractivity contribution in [2.75, 3.05) is 20.8 Å². The first-order valence-electron chi connectivity index (χ1n) is 5.24. The molecule has 0 fully saturated rings. The van der Waals surface area contributed by atoms with Crippen LogP contribution in [0.4, 0.5) is 0 Å². The Kier molecular flexibility index (Phi) is 5.93. The maximum atomic E-state index is 5.78. The molecule has 0 heterocycles. The zero-order chi connectivity index (χ0) is 12.0. The quantitative estimate of drug-likeness (QED) is 0.718. The minimum Gasteiger partial charge on any atom is -0.382 e. The smallest absolute Gasteiger partial charge is 0.205 e. The molecule has 0 radical (unpaired) electrons. The van der Waals surface area contributed by atoms with Crippen LogP contribution < -0.4 is 5.30 Å². The van der Waals surface area contributed by atoms with E-state index in [1.807, 2.05) is 19.1 Å². The van der Waals surface area contributed by atoms with Gasteiger partial charge in [-0.1, -0.05) is 17.7 Å². The minimum atomic E-state index is -0.997. The molecule has 0 aliphatic carbocycles. The zero-order valence-corrected chi connectivity index (χ0v) is 11.2. The summed E-state index contributed by atoms with van der Waals surface area (Å²) in [6, 6.07) is 8.22. The van der Waals surface area contributed by atoms with E-state index >= 15 is 0 Å². The molecule has 0 aromatic heterocycles. The summed E-state index contributed by atoms with van der Waals surface area (Å²) >= 11 is 0. The largest absolute Gasteiger partial charge is 0.382 e. The van der Waals surface area contributed by atoms with Crippen LogP contribution in [0.3, 0.4) is 0 Å². The lowest BCUT2D eigenvalue weighted by molar-refractivity contribution is 0.0923. The molecule has 1 aromatic carbocycles. The summed E-state index contributed by atoms with van der Waals surface area (Å²) < 4.78 is 16.2. The number of rotatable bonds is 6. The average molecular weight is 242 g/mol. The van der Waals surface area contributed by atoms with Crippen LogP contribution in [-0.4, -0.2) is 26.9 Å². The summed E-state index contributed by atoms with van der Waals surface area (Å²) in [5.74, 6) is 0. The predicted molar refractivity (Wildman–Crippen MR) is 67.2 cm³/mol. The Hall–Kier alpha value is -0.470. The van der Waals surface area contributed by atoms with Crippen LogP contribution in [0, 0.1) is 6.92 Å². The third-order valence-corrected chi connectivity index (χ3v) is 3.69. The highest BCUT2D eigenvalue weighted by atomic mass is 31.2. The van der Waals surface area contributed by atoms with Crippen LogP contribution in [0.2, 0.25) is 0 Å². The molecule has 0 saturated carbocycles. The van der Waals surface area contributed by atoms with Gasteiger partial charge in [-0.05, 0) is 26.0 Å². The first-order chi connectivity index (χ1) is 7.67. The Morgan fingerprint density at radius 3 is 2.31 bits per heavy atom. The summed E-state index contributed by atoms with van der Waals surface area (Å²) in [6.07, 6.45) is 0.0392. The Morgan fingerprint density at radius 1 is 1.19 bits per heavy atom. The van der Waals surface area contributed by atoms with Crippen molar-refractivity contribution >= 4 is 13.7 Å². The van der Waals surface area contributed by atoms with Crippen LogP contribution in [0.25, 0.3) is 0 Å². The molecule has 0 saturated heterocycles. The van der Waals surface area contributed by atoms with E-state index in [1.165, 1.54) is 5.56 Å². The van der Waals surface area contributed by atoms with Crippen molar-refractivity contribution in [1.29, 1.82) is 0 Å². The fourth-order valence-electron chi connectivity index (χ4n) is 1.30. The van der Waals surface area contributed by atoms with Gasteiger partial charge in [0.15, 0.2) is 0 Å². The predicted octanol–water partition coefficient (Wildman–Crippen LogP) is 2.63. The standard InChI is InChI=1S/C12H19O3P/c1-10-5-7-12(8-6-10)16(14-4)15-11(2)9-13-3/h5-8,11H,9H2,1-4H3. The van der Waals surface area contributed by atoms with Crippen LogP contribution >= 0.6 is 8.38 Å². The molecule has 1 rings (SSSR count). The van der Waals surface area contributed by atoms with Crippen LogP contribution in [0.1, 0.15) is 12.5 Å². The van der Waals surface area contributed by atoms with Gasteiger partial charge >= 0.3 is 0 Å². The van der Waals surface area contributed by atoms with Gasteiger partial charge in [-0.15, -0.1) is 0 Å². The van der Waals surface area contributed by atoms with Crippen molar-refractivity contribution in [1.82, 2.24) is 0 Å². The van der Waals surface area contributed by atoms with Crippen molar-refractivity contribution in [2.24, 2.45) is 0 Å². The summed E-state index contributed by atoms with van der Waals surface area (Å²) in [7, 11) is 2.34. The Morgan fingerprint density at radius 2 is 1.81 bits per heavy atom. The molecule has 2 atom stereocenters. The van der Waals surface area contributed by atoms with Gasteiger partial charge < -0.3 is 13.8 Å². The number of hydrogen-bond acceptors (Lipinski definition) is 3. The Labute approximate surface area is 98.6 Å². The highest BCUT2D eigenvalue weighted by Crippen LogP contribution is 2.37. The van der Waals surface area contributed by atoms with Crippen LogP contribution in [0.5, 0.6) is 0 Å². The van der Waals surface area contributed by atoms with Gasteiger partial charge in [0.1, 0.15) is 0 Å². The SMILES string of the molecule is COCC(C)OP(OC)c1ccc(C)cc1. The second kappa shape index (κ2) is 6.97. The van der Waals surface area contributed by atoms with E-state index in [1.54, 1.807) is 14.2 Å². The molecule has 3 nitrogen and oxygen atoms in total. The molecule has 90 valence electrons. The lowest BCUT2D eigenvalue weighted by Gasteiger charge is -2.19.